The number of unbranched alkanes of at least 4 members (excludes halogenated alkanes) is 18. The first-order valence-corrected chi connectivity index (χ1v) is 20.2. The minimum absolute atomic E-state index is 0.251. The van der Waals surface area contributed by atoms with E-state index in [1.807, 2.05) is 0 Å². The molecule has 0 spiro atoms. The van der Waals surface area contributed by atoms with E-state index in [0.29, 0.717) is 0 Å². The first kappa shape index (κ1) is 42.9. The lowest BCUT2D eigenvalue weighted by atomic mass is 9.99. The fourth-order valence-corrected chi connectivity index (χ4v) is 6.23. The highest BCUT2D eigenvalue weighted by atomic mass is 16.7. The van der Waals surface area contributed by atoms with Crippen molar-refractivity contribution in [3.05, 3.63) is 48.6 Å². The Labute approximate surface area is 288 Å². The average molecular weight is 642 g/mol. The number of rotatable bonds is 33. The predicted molar refractivity (Wildman–Crippen MR) is 205 cm³/mol. The van der Waals surface area contributed by atoms with Crippen LogP contribution in [0.1, 0.15) is 187 Å². The Morgan fingerprint density at radius 2 is 0.848 bits per heavy atom. The molecule has 0 aromatic heterocycles. The second-order valence-corrected chi connectivity index (χ2v) is 14.2. The summed E-state index contributed by atoms with van der Waals surface area (Å²) in [6.07, 6.45) is 53.4. The van der Waals surface area contributed by atoms with Crippen LogP contribution in [0.3, 0.4) is 0 Å². The summed E-state index contributed by atoms with van der Waals surface area (Å²) in [5.74, 6) is -0.336. The van der Waals surface area contributed by atoms with Crippen LogP contribution < -0.4 is 0 Å². The van der Waals surface area contributed by atoms with Crippen LogP contribution in [-0.2, 0) is 9.47 Å². The minimum Gasteiger partial charge on any atom is -0.347 e. The molecule has 46 heavy (non-hydrogen) atoms. The fourth-order valence-electron chi connectivity index (χ4n) is 6.23. The van der Waals surface area contributed by atoms with Gasteiger partial charge < -0.3 is 14.4 Å². The number of allylic oxidation sites excluding steroid dienone is 8. The van der Waals surface area contributed by atoms with Crippen LogP contribution in [0.25, 0.3) is 0 Å². The molecule has 1 atom stereocenters. The van der Waals surface area contributed by atoms with E-state index in [9.17, 15) is 0 Å². The Kier molecular flexibility index (Phi) is 30.2. The highest BCUT2D eigenvalue weighted by molar-refractivity contribution is 4.86. The Balaban J connectivity index is 2.18. The Bertz CT molecular complexity index is 704. The summed E-state index contributed by atoms with van der Waals surface area (Å²) in [5, 5.41) is 0. The summed E-state index contributed by atoms with van der Waals surface area (Å²) in [6, 6.07) is 0. The van der Waals surface area contributed by atoms with Crippen LogP contribution in [0.4, 0.5) is 0 Å². The Morgan fingerprint density at radius 3 is 1.20 bits per heavy atom. The SMILES string of the molecule is CCCCC/C=C\CCCC/C=C\CCCCCC1(CCCCC/C=C\CCCC/C=C\CCCCC)OC[C@H](CCN(C)C)O1. The minimum atomic E-state index is -0.336. The first-order valence-electron chi connectivity index (χ1n) is 20.2. The van der Waals surface area contributed by atoms with E-state index >= 15 is 0 Å². The maximum absolute atomic E-state index is 6.66. The fraction of sp³-hybridized carbons (Fsp3) is 0.814. The third-order valence-corrected chi connectivity index (χ3v) is 9.27. The second-order valence-electron chi connectivity index (χ2n) is 14.2. The molecular weight excluding hydrogens is 562 g/mol. The molecule has 0 amide bonds. The van der Waals surface area contributed by atoms with Gasteiger partial charge >= 0.3 is 0 Å². The summed E-state index contributed by atoms with van der Waals surface area (Å²) in [5.41, 5.74) is 0. The topological polar surface area (TPSA) is 21.7 Å². The number of ether oxygens (including phenoxy) is 2. The van der Waals surface area contributed by atoms with Crippen molar-refractivity contribution in [2.24, 2.45) is 0 Å². The highest BCUT2D eigenvalue weighted by Gasteiger charge is 2.40. The van der Waals surface area contributed by atoms with Crippen molar-refractivity contribution in [2.45, 2.75) is 199 Å². The van der Waals surface area contributed by atoms with Crippen LogP contribution in [0.2, 0.25) is 0 Å². The van der Waals surface area contributed by atoms with E-state index in [1.165, 1.54) is 154 Å². The van der Waals surface area contributed by atoms with Crippen molar-refractivity contribution < 1.29 is 9.47 Å². The first-order chi connectivity index (χ1) is 22.6. The summed E-state index contributed by atoms with van der Waals surface area (Å²) >= 11 is 0. The van der Waals surface area contributed by atoms with E-state index < -0.39 is 0 Å². The van der Waals surface area contributed by atoms with Crippen molar-refractivity contribution in [3.8, 4) is 0 Å². The van der Waals surface area contributed by atoms with Gasteiger partial charge in [0, 0.05) is 19.4 Å². The van der Waals surface area contributed by atoms with Crippen LogP contribution in [0, 0.1) is 0 Å². The molecule has 1 rings (SSSR count). The largest absolute Gasteiger partial charge is 0.347 e. The normalized spacial score (nSPS) is 16.9. The summed E-state index contributed by atoms with van der Waals surface area (Å²) in [6.45, 7) is 6.38. The standard InChI is InChI=1S/C43H79NO2/c1-5-7-9-11-13-15-17-19-21-23-25-27-29-31-33-35-38-43(45-41-42(46-43)37-40-44(3)4)39-36-34-32-30-28-26-24-22-20-18-16-14-12-10-8-6-2/h13-16,25-28,42H,5-12,17-24,29-41H2,1-4H3/b15-13-,16-14-,27-25-,28-26-/t42-/m0/s1. The zero-order valence-corrected chi connectivity index (χ0v) is 31.5. The number of hydrogen-bond acceptors (Lipinski definition) is 3. The summed E-state index contributed by atoms with van der Waals surface area (Å²) < 4.78 is 13.1. The molecule has 1 aliphatic heterocycles. The molecule has 1 heterocycles. The Morgan fingerprint density at radius 1 is 0.500 bits per heavy atom. The zero-order chi connectivity index (χ0) is 33.2. The zero-order valence-electron chi connectivity index (χ0n) is 31.5. The second kappa shape index (κ2) is 32.4. The van der Waals surface area contributed by atoms with Crippen molar-refractivity contribution in [1.29, 1.82) is 0 Å². The van der Waals surface area contributed by atoms with Gasteiger partial charge in [-0.05, 0) is 136 Å². The van der Waals surface area contributed by atoms with Gasteiger partial charge in [-0.3, -0.25) is 0 Å². The van der Waals surface area contributed by atoms with E-state index in [4.69, 9.17) is 9.47 Å². The average Bonchev–Trinajstić information content (AvgIpc) is 3.46. The van der Waals surface area contributed by atoms with Gasteiger partial charge in [-0.2, -0.15) is 0 Å². The van der Waals surface area contributed by atoms with Crippen molar-refractivity contribution in [1.82, 2.24) is 4.90 Å². The van der Waals surface area contributed by atoms with E-state index in [-0.39, 0.29) is 11.9 Å². The summed E-state index contributed by atoms with van der Waals surface area (Å²) in [4.78, 5) is 2.25. The molecule has 0 aromatic rings. The van der Waals surface area contributed by atoms with Crippen molar-refractivity contribution >= 4 is 0 Å². The molecule has 3 heteroatoms. The lowest BCUT2D eigenvalue weighted by Gasteiger charge is -2.28. The molecule has 1 fully saturated rings. The molecule has 268 valence electrons. The molecule has 0 aliphatic carbocycles. The summed E-state index contributed by atoms with van der Waals surface area (Å²) in [7, 11) is 4.29. The molecule has 0 saturated carbocycles. The van der Waals surface area contributed by atoms with Gasteiger partial charge in [0.05, 0.1) is 12.7 Å². The maximum Gasteiger partial charge on any atom is 0.168 e. The molecule has 3 nitrogen and oxygen atoms in total. The van der Waals surface area contributed by atoms with Gasteiger partial charge in [-0.15, -0.1) is 0 Å². The van der Waals surface area contributed by atoms with Gasteiger partial charge in [0.1, 0.15) is 0 Å². The lowest BCUT2D eigenvalue weighted by molar-refractivity contribution is -0.180. The van der Waals surface area contributed by atoms with Crippen LogP contribution >= 0.6 is 0 Å². The highest BCUT2D eigenvalue weighted by Crippen LogP contribution is 2.35. The molecular formula is C43H79NO2. The van der Waals surface area contributed by atoms with Gasteiger partial charge in [-0.25, -0.2) is 0 Å². The maximum atomic E-state index is 6.66. The van der Waals surface area contributed by atoms with Crippen LogP contribution in [-0.4, -0.2) is 44.0 Å². The molecule has 0 aromatic carbocycles. The smallest absolute Gasteiger partial charge is 0.168 e. The molecule has 0 unspecified atom stereocenters. The third kappa shape index (κ3) is 26.9. The number of nitrogens with zero attached hydrogens (tertiary/aromatic N) is 1. The van der Waals surface area contributed by atoms with Gasteiger partial charge in [0.2, 0.25) is 0 Å². The molecule has 1 aliphatic rings. The van der Waals surface area contributed by atoms with Crippen molar-refractivity contribution in [2.75, 3.05) is 27.2 Å². The number of hydrogen-bond donors (Lipinski definition) is 0. The molecule has 0 bridgehead atoms. The predicted octanol–water partition coefficient (Wildman–Crippen LogP) is 13.5. The molecule has 0 N–H and O–H groups in total. The van der Waals surface area contributed by atoms with E-state index in [1.54, 1.807) is 0 Å². The molecule has 1 saturated heterocycles. The lowest BCUT2D eigenvalue weighted by Crippen LogP contribution is -2.31. The molecule has 0 radical (unpaired) electrons. The van der Waals surface area contributed by atoms with Gasteiger partial charge in [0.25, 0.3) is 0 Å². The van der Waals surface area contributed by atoms with Gasteiger partial charge in [-0.1, -0.05) is 101 Å². The third-order valence-electron chi connectivity index (χ3n) is 9.27. The van der Waals surface area contributed by atoms with Gasteiger partial charge in [0.15, 0.2) is 5.79 Å². The van der Waals surface area contributed by atoms with E-state index in [2.05, 4.69) is 81.5 Å². The van der Waals surface area contributed by atoms with Crippen LogP contribution in [0.15, 0.2) is 48.6 Å². The monoisotopic (exact) mass is 642 g/mol. The van der Waals surface area contributed by atoms with E-state index in [0.717, 1.165) is 32.4 Å². The Hall–Kier alpha value is -1.16. The van der Waals surface area contributed by atoms with Crippen LogP contribution in [0.5, 0.6) is 0 Å². The quantitative estimate of drug-likeness (QED) is 0.0526. The van der Waals surface area contributed by atoms with Crippen molar-refractivity contribution in [3.63, 3.8) is 0 Å².